The number of piperazine rings is 1. The predicted molar refractivity (Wildman–Crippen MR) is 55.1 cm³/mol. The average molecular weight is 283 g/mol. The van der Waals surface area contributed by atoms with Crippen molar-refractivity contribution in [2.24, 2.45) is 0 Å². The Morgan fingerprint density at radius 2 is 2.11 bits per heavy atom. The van der Waals surface area contributed by atoms with E-state index in [-0.39, 0.29) is 13.1 Å². The summed E-state index contributed by atoms with van der Waals surface area (Å²) in [6.07, 6.45) is -4.54. The molecule has 1 atom stereocenters. The van der Waals surface area contributed by atoms with E-state index in [4.69, 9.17) is 5.11 Å². The lowest BCUT2D eigenvalue weighted by atomic mass is 10.2. The molecule has 10 heteroatoms. The SMILES string of the molecule is O=C1CN(CC(=O)NCC(F)(F)F)C(C(=O)O)CN1. The van der Waals surface area contributed by atoms with Gasteiger partial charge in [-0.3, -0.25) is 19.3 Å². The minimum atomic E-state index is -4.54. The van der Waals surface area contributed by atoms with E-state index < -0.39 is 43.1 Å². The monoisotopic (exact) mass is 283 g/mol. The topological polar surface area (TPSA) is 98.7 Å². The number of amides is 2. The number of alkyl halides is 3. The van der Waals surface area contributed by atoms with Gasteiger partial charge in [0.25, 0.3) is 0 Å². The Kier molecular flexibility index (Phi) is 4.70. The molecule has 0 aromatic rings. The van der Waals surface area contributed by atoms with E-state index in [0.29, 0.717) is 0 Å². The summed E-state index contributed by atoms with van der Waals surface area (Å²) in [5.41, 5.74) is 0. The number of carbonyl (C=O) groups is 3. The molecule has 0 aromatic heterocycles. The van der Waals surface area contributed by atoms with Gasteiger partial charge in [0.2, 0.25) is 11.8 Å². The van der Waals surface area contributed by atoms with Crippen LogP contribution in [0.2, 0.25) is 0 Å². The normalized spacial score (nSPS) is 20.8. The summed E-state index contributed by atoms with van der Waals surface area (Å²) in [5.74, 6) is -2.73. The van der Waals surface area contributed by atoms with Crippen molar-refractivity contribution in [1.82, 2.24) is 15.5 Å². The maximum absolute atomic E-state index is 11.9. The van der Waals surface area contributed by atoms with E-state index in [0.717, 1.165) is 4.90 Å². The summed E-state index contributed by atoms with van der Waals surface area (Å²) in [6, 6.07) is -1.13. The maximum atomic E-state index is 11.9. The highest BCUT2D eigenvalue weighted by atomic mass is 19.4. The third-order valence-electron chi connectivity index (χ3n) is 2.40. The number of aliphatic carboxylic acids is 1. The number of rotatable bonds is 4. The molecule has 7 nitrogen and oxygen atoms in total. The molecule has 0 aliphatic carbocycles. The molecular weight excluding hydrogens is 271 g/mol. The van der Waals surface area contributed by atoms with Crippen LogP contribution in [0.3, 0.4) is 0 Å². The minimum absolute atomic E-state index is 0.194. The van der Waals surface area contributed by atoms with Gasteiger partial charge in [-0.25, -0.2) is 0 Å². The van der Waals surface area contributed by atoms with Crippen LogP contribution in [0.4, 0.5) is 13.2 Å². The smallest absolute Gasteiger partial charge is 0.405 e. The zero-order valence-electron chi connectivity index (χ0n) is 9.66. The van der Waals surface area contributed by atoms with Crippen LogP contribution in [0.15, 0.2) is 0 Å². The minimum Gasteiger partial charge on any atom is -0.480 e. The van der Waals surface area contributed by atoms with E-state index in [1.165, 1.54) is 0 Å². The van der Waals surface area contributed by atoms with E-state index in [1.54, 1.807) is 5.32 Å². The van der Waals surface area contributed by atoms with Crippen molar-refractivity contribution in [3.8, 4) is 0 Å². The van der Waals surface area contributed by atoms with Crippen molar-refractivity contribution in [2.75, 3.05) is 26.2 Å². The lowest BCUT2D eigenvalue weighted by Gasteiger charge is -2.31. The van der Waals surface area contributed by atoms with Crippen LogP contribution >= 0.6 is 0 Å². The van der Waals surface area contributed by atoms with Crippen LogP contribution in [0, 0.1) is 0 Å². The number of nitrogens with zero attached hydrogens (tertiary/aromatic N) is 1. The average Bonchev–Trinajstić information content (AvgIpc) is 2.25. The standard InChI is InChI=1S/C9H12F3N3O4/c10-9(11,12)4-14-7(17)3-15-2-6(16)13-1-5(15)8(18)19/h5H,1-4H2,(H,13,16)(H,14,17)(H,18,19). The Bertz CT molecular complexity index is 385. The number of carboxylic acid groups (broad SMARTS) is 1. The Hall–Kier alpha value is -1.84. The zero-order chi connectivity index (χ0) is 14.6. The van der Waals surface area contributed by atoms with Gasteiger partial charge < -0.3 is 15.7 Å². The molecule has 1 aliphatic rings. The quantitative estimate of drug-likeness (QED) is 0.586. The fourth-order valence-electron chi connectivity index (χ4n) is 1.54. The summed E-state index contributed by atoms with van der Waals surface area (Å²) in [7, 11) is 0. The van der Waals surface area contributed by atoms with Crippen LogP contribution in [0.25, 0.3) is 0 Å². The molecule has 0 saturated carbocycles. The molecule has 1 rings (SSSR count). The zero-order valence-corrected chi connectivity index (χ0v) is 9.66. The van der Waals surface area contributed by atoms with Gasteiger partial charge in [0, 0.05) is 6.54 Å². The predicted octanol–water partition coefficient (Wildman–Crippen LogP) is -1.45. The Labute approximate surface area is 105 Å². The summed E-state index contributed by atoms with van der Waals surface area (Å²) in [4.78, 5) is 34.2. The number of hydrogen-bond acceptors (Lipinski definition) is 4. The lowest BCUT2D eigenvalue weighted by Crippen LogP contribution is -2.59. The lowest BCUT2D eigenvalue weighted by molar-refractivity contribution is -0.148. The second-order valence-electron chi connectivity index (χ2n) is 3.96. The van der Waals surface area contributed by atoms with Gasteiger partial charge in [-0.1, -0.05) is 0 Å². The van der Waals surface area contributed by atoms with Gasteiger partial charge in [-0.2, -0.15) is 13.2 Å². The maximum Gasteiger partial charge on any atom is 0.405 e. The molecule has 0 aromatic carbocycles. The fourth-order valence-corrected chi connectivity index (χ4v) is 1.54. The van der Waals surface area contributed by atoms with Crippen LogP contribution in [-0.4, -0.2) is 66.2 Å². The van der Waals surface area contributed by atoms with E-state index in [2.05, 4.69) is 5.32 Å². The molecule has 1 saturated heterocycles. The van der Waals surface area contributed by atoms with Gasteiger partial charge in [0.05, 0.1) is 13.1 Å². The molecule has 2 amide bonds. The first-order valence-corrected chi connectivity index (χ1v) is 5.26. The van der Waals surface area contributed by atoms with Crippen molar-refractivity contribution in [3.05, 3.63) is 0 Å². The van der Waals surface area contributed by atoms with Gasteiger partial charge in [-0.05, 0) is 0 Å². The summed E-state index contributed by atoms with van der Waals surface area (Å²) >= 11 is 0. The molecule has 108 valence electrons. The fraction of sp³-hybridized carbons (Fsp3) is 0.667. The molecule has 1 fully saturated rings. The first kappa shape index (κ1) is 15.2. The second-order valence-corrected chi connectivity index (χ2v) is 3.96. The van der Waals surface area contributed by atoms with E-state index >= 15 is 0 Å². The van der Waals surface area contributed by atoms with Crippen LogP contribution in [0.5, 0.6) is 0 Å². The number of hydrogen-bond donors (Lipinski definition) is 3. The highest BCUT2D eigenvalue weighted by molar-refractivity contribution is 5.85. The summed E-state index contributed by atoms with van der Waals surface area (Å²) < 4.78 is 35.6. The number of halogens is 3. The van der Waals surface area contributed by atoms with Gasteiger partial charge in [-0.15, -0.1) is 0 Å². The van der Waals surface area contributed by atoms with Crippen LogP contribution in [-0.2, 0) is 14.4 Å². The molecule has 1 heterocycles. The van der Waals surface area contributed by atoms with Crippen molar-refractivity contribution >= 4 is 17.8 Å². The van der Waals surface area contributed by atoms with Crippen molar-refractivity contribution < 1.29 is 32.7 Å². The summed E-state index contributed by atoms with van der Waals surface area (Å²) in [6.45, 7) is -2.62. The van der Waals surface area contributed by atoms with E-state index in [1.807, 2.05) is 0 Å². The third-order valence-corrected chi connectivity index (χ3v) is 2.40. The Morgan fingerprint density at radius 1 is 1.47 bits per heavy atom. The molecule has 0 bridgehead atoms. The first-order valence-electron chi connectivity index (χ1n) is 5.26. The van der Waals surface area contributed by atoms with Crippen LogP contribution in [0.1, 0.15) is 0 Å². The van der Waals surface area contributed by atoms with Crippen molar-refractivity contribution in [1.29, 1.82) is 0 Å². The number of carboxylic acids is 1. The van der Waals surface area contributed by atoms with Crippen molar-refractivity contribution in [3.63, 3.8) is 0 Å². The molecule has 0 spiro atoms. The first-order chi connectivity index (χ1) is 8.69. The second kappa shape index (κ2) is 5.87. The molecular formula is C9H12F3N3O4. The van der Waals surface area contributed by atoms with Gasteiger partial charge in [0.15, 0.2) is 0 Å². The molecule has 1 unspecified atom stereocenters. The number of nitrogens with one attached hydrogen (secondary N) is 2. The molecule has 1 aliphatic heterocycles. The highest BCUT2D eigenvalue weighted by Gasteiger charge is 2.34. The van der Waals surface area contributed by atoms with Crippen LogP contribution < -0.4 is 10.6 Å². The molecule has 19 heavy (non-hydrogen) atoms. The van der Waals surface area contributed by atoms with Crippen molar-refractivity contribution in [2.45, 2.75) is 12.2 Å². The highest BCUT2D eigenvalue weighted by Crippen LogP contribution is 2.12. The molecule has 0 radical (unpaired) electrons. The largest absolute Gasteiger partial charge is 0.480 e. The Balaban J connectivity index is 2.54. The summed E-state index contributed by atoms with van der Waals surface area (Å²) in [5, 5.41) is 12.8. The Morgan fingerprint density at radius 3 is 2.63 bits per heavy atom. The third kappa shape index (κ3) is 5.12. The number of carbonyl (C=O) groups excluding carboxylic acids is 2. The van der Waals surface area contributed by atoms with Gasteiger partial charge >= 0.3 is 12.1 Å². The molecule has 3 N–H and O–H groups in total. The van der Waals surface area contributed by atoms with Gasteiger partial charge in [0.1, 0.15) is 12.6 Å². The van der Waals surface area contributed by atoms with E-state index in [9.17, 15) is 27.6 Å².